The molecule has 0 N–H and O–H groups in total. The standard InChI is InChI=1S/C23H26N2O4/c1-4-11-24-17-13-23(2,3)14-19(27)20(17)18(26)10-7-12-25-21(28)15-8-5-6-9-16(15)22(25)29/h4-6,8-9,20H,1,7,10-14H2,2-3H3. The van der Waals surface area contributed by atoms with Crippen molar-refractivity contribution in [2.45, 2.75) is 39.5 Å². The van der Waals surface area contributed by atoms with Crippen molar-refractivity contribution in [3.05, 3.63) is 48.0 Å². The molecule has 1 saturated carbocycles. The van der Waals surface area contributed by atoms with Crippen LogP contribution in [-0.2, 0) is 9.59 Å². The van der Waals surface area contributed by atoms with Gasteiger partial charge in [0.15, 0.2) is 0 Å². The van der Waals surface area contributed by atoms with Crippen molar-refractivity contribution in [2.75, 3.05) is 13.1 Å². The van der Waals surface area contributed by atoms with E-state index in [0.29, 0.717) is 42.6 Å². The lowest BCUT2D eigenvalue weighted by molar-refractivity contribution is -0.132. The van der Waals surface area contributed by atoms with Crippen LogP contribution in [0.15, 0.2) is 41.9 Å². The second-order valence-corrected chi connectivity index (χ2v) is 8.42. The largest absolute Gasteiger partial charge is 0.298 e. The molecular weight excluding hydrogens is 368 g/mol. The van der Waals surface area contributed by atoms with Crippen LogP contribution in [0.3, 0.4) is 0 Å². The van der Waals surface area contributed by atoms with Crippen LogP contribution in [-0.4, -0.2) is 47.1 Å². The van der Waals surface area contributed by atoms with E-state index in [1.54, 1.807) is 30.3 Å². The van der Waals surface area contributed by atoms with Crippen molar-refractivity contribution >= 4 is 29.1 Å². The van der Waals surface area contributed by atoms with Gasteiger partial charge in [0, 0.05) is 25.1 Å². The van der Waals surface area contributed by atoms with Crippen LogP contribution < -0.4 is 0 Å². The zero-order chi connectivity index (χ0) is 21.2. The van der Waals surface area contributed by atoms with Crippen LogP contribution in [0.5, 0.6) is 0 Å². The minimum Gasteiger partial charge on any atom is -0.298 e. The summed E-state index contributed by atoms with van der Waals surface area (Å²) < 4.78 is 0. The lowest BCUT2D eigenvalue weighted by atomic mass is 9.69. The summed E-state index contributed by atoms with van der Waals surface area (Å²) in [4.78, 5) is 55.9. The molecule has 6 nitrogen and oxygen atoms in total. The van der Waals surface area contributed by atoms with Crippen LogP contribution in [0.2, 0.25) is 0 Å². The van der Waals surface area contributed by atoms with E-state index >= 15 is 0 Å². The van der Waals surface area contributed by atoms with Crippen molar-refractivity contribution < 1.29 is 19.2 Å². The Balaban J connectivity index is 1.64. The summed E-state index contributed by atoms with van der Waals surface area (Å²) >= 11 is 0. The van der Waals surface area contributed by atoms with Gasteiger partial charge in [-0.05, 0) is 30.4 Å². The maximum atomic E-state index is 12.8. The number of hydrogen-bond donors (Lipinski definition) is 0. The van der Waals surface area contributed by atoms with Crippen molar-refractivity contribution in [3.8, 4) is 0 Å². The molecule has 6 heteroatoms. The Kier molecular flexibility index (Phi) is 5.91. The molecule has 29 heavy (non-hydrogen) atoms. The fraction of sp³-hybridized carbons (Fsp3) is 0.435. The van der Waals surface area contributed by atoms with Crippen molar-refractivity contribution in [1.82, 2.24) is 4.90 Å². The topological polar surface area (TPSA) is 83.9 Å². The molecule has 1 aliphatic heterocycles. The molecule has 1 fully saturated rings. The van der Waals surface area contributed by atoms with Crippen LogP contribution in [0.25, 0.3) is 0 Å². The first-order chi connectivity index (χ1) is 13.7. The van der Waals surface area contributed by atoms with E-state index in [4.69, 9.17) is 0 Å². The van der Waals surface area contributed by atoms with Gasteiger partial charge in [0.05, 0.1) is 17.7 Å². The van der Waals surface area contributed by atoms with Gasteiger partial charge in [-0.15, -0.1) is 6.58 Å². The quantitative estimate of drug-likeness (QED) is 0.404. The number of carbonyl (C=O) groups is 4. The number of hydrogen-bond acceptors (Lipinski definition) is 5. The molecule has 2 aliphatic rings. The Morgan fingerprint density at radius 3 is 2.38 bits per heavy atom. The molecule has 1 aromatic carbocycles. The summed E-state index contributed by atoms with van der Waals surface area (Å²) in [5.74, 6) is -1.77. The highest BCUT2D eigenvalue weighted by atomic mass is 16.2. The van der Waals surface area contributed by atoms with Crippen molar-refractivity contribution in [1.29, 1.82) is 0 Å². The first kappa shape index (κ1) is 20.8. The van der Waals surface area contributed by atoms with Gasteiger partial charge < -0.3 is 0 Å². The van der Waals surface area contributed by atoms with E-state index in [0.717, 1.165) is 0 Å². The average Bonchev–Trinajstić information content (AvgIpc) is 2.90. The number of amides is 2. The number of carbonyl (C=O) groups excluding carboxylic acids is 4. The van der Waals surface area contributed by atoms with Gasteiger partial charge in [-0.25, -0.2) is 0 Å². The van der Waals surface area contributed by atoms with Crippen LogP contribution >= 0.6 is 0 Å². The smallest absolute Gasteiger partial charge is 0.261 e. The number of nitrogens with zero attached hydrogens (tertiary/aromatic N) is 2. The zero-order valence-electron chi connectivity index (χ0n) is 16.9. The molecule has 3 rings (SSSR count). The van der Waals surface area contributed by atoms with Crippen LogP contribution in [0, 0.1) is 11.3 Å². The van der Waals surface area contributed by atoms with Gasteiger partial charge in [-0.1, -0.05) is 32.1 Å². The summed E-state index contributed by atoms with van der Waals surface area (Å²) in [6.07, 6.45) is 3.03. The summed E-state index contributed by atoms with van der Waals surface area (Å²) in [6.45, 7) is 8.17. The second-order valence-electron chi connectivity index (χ2n) is 8.42. The number of ketones is 2. The molecule has 1 unspecified atom stereocenters. The molecule has 0 aromatic heterocycles. The van der Waals surface area contributed by atoms with E-state index in [1.165, 1.54) is 4.90 Å². The Labute approximate surface area is 170 Å². The minimum absolute atomic E-state index is 0.102. The third-order valence-corrected chi connectivity index (χ3v) is 5.40. The molecule has 2 amide bonds. The van der Waals surface area contributed by atoms with E-state index in [2.05, 4.69) is 11.6 Å². The fourth-order valence-electron chi connectivity index (χ4n) is 4.11. The van der Waals surface area contributed by atoms with Crippen LogP contribution in [0.4, 0.5) is 0 Å². The molecule has 0 spiro atoms. The predicted molar refractivity (Wildman–Crippen MR) is 110 cm³/mol. The third-order valence-electron chi connectivity index (χ3n) is 5.40. The summed E-state index contributed by atoms with van der Waals surface area (Å²) in [6, 6.07) is 6.70. The Hall–Kier alpha value is -2.89. The highest BCUT2D eigenvalue weighted by Gasteiger charge is 2.41. The van der Waals surface area contributed by atoms with E-state index < -0.39 is 5.92 Å². The number of aliphatic imine (C=N–C) groups is 1. The third kappa shape index (κ3) is 4.26. The van der Waals surface area contributed by atoms with Gasteiger partial charge in [-0.3, -0.25) is 29.1 Å². The van der Waals surface area contributed by atoms with Gasteiger partial charge >= 0.3 is 0 Å². The monoisotopic (exact) mass is 394 g/mol. The van der Waals surface area contributed by atoms with Gasteiger partial charge in [0.2, 0.25) is 0 Å². The Bertz CT molecular complexity index is 878. The molecule has 1 heterocycles. The lowest BCUT2D eigenvalue weighted by Gasteiger charge is -2.34. The van der Waals surface area contributed by atoms with Crippen molar-refractivity contribution in [3.63, 3.8) is 0 Å². The van der Waals surface area contributed by atoms with E-state index in [9.17, 15) is 19.2 Å². The Morgan fingerprint density at radius 2 is 1.79 bits per heavy atom. The fourth-order valence-corrected chi connectivity index (χ4v) is 4.11. The predicted octanol–water partition coefficient (Wildman–Crippen LogP) is 3.26. The first-order valence-electron chi connectivity index (χ1n) is 9.90. The maximum Gasteiger partial charge on any atom is 0.261 e. The molecular formula is C23H26N2O4. The highest BCUT2D eigenvalue weighted by molar-refractivity contribution is 6.23. The normalized spacial score (nSPS) is 22.1. The second kappa shape index (κ2) is 8.23. The minimum atomic E-state index is -0.815. The maximum absolute atomic E-state index is 12.8. The zero-order valence-corrected chi connectivity index (χ0v) is 16.9. The molecule has 1 aromatic rings. The van der Waals surface area contributed by atoms with E-state index in [1.807, 2.05) is 13.8 Å². The van der Waals surface area contributed by atoms with Crippen LogP contribution in [0.1, 0.15) is 60.2 Å². The van der Waals surface area contributed by atoms with Crippen molar-refractivity contribution in [2.24, 2.45) is 16.3 Å². The number of benzene rings is 1. The molecule has 1 aliphatic carbocycles. The highest BCUT2D eigenvalue weighted by Crippen LogP contribution is 2.35. The summed E-state index contributed by atoms with van der Waals surface area (Å²) in [7, 11) is 0. The average molecular weight is 394 g/mol. The SMILES string of the molecule is C=CCN=C1CC(C)(C)CC(=O)C1C(=O)CCCN1C(=O)c2ccccc2C1=O. The molecule has 1 atom stereocenters. The lowest BCUT2D eigenvalue weighted by Crippen LogP contribution is -2.42. The molecule has 0 radical (unpaired) electrons. The number of rotatable bonds is 7. The number of imide groups is 1. The summed E-state index contributed by atoms with van der Waals surface area (Å²) in [5, 5.41) is 0. The Morgan fingerprint density at radius 1 is 1.17 bits per heavy atom. The number of Topliss-reactive ketones (excluding diaryl/α,β-unsaturated/α-hetero) is 2. The van der Waals surface area contributed by atoms with E-state index in [-0.39, 0.29) is 41.8 Å². The molecule has 0 saturated heterocycles. The number of fused-ring (bicyclic) bond motifs is 1. The first-order valence-corrected chi connectivity index (χ1v) is 9.90. The van der Waals surface area contributed by atoms with Gasteiger partial charge in [0.25, 0.3) is 11.8 Å². The van der Waals surface area contributed by atoms with Gasteiger partial charge in [0.1, 0.15) is 17.5 Å². The molecule has 152 valence electrons. The molecule has 0 bridgehead atoms. The summed E-state index contributed by atoms with van der Waals surface area (Å²) in [5.41, 5.74) is 1.20. The van der Waals surface area contributed by atoms with Gasteiger partial charge in [-0.2, -0.15) is 0 Å².